The highest BCUT2D eigenvalue weighted by Gasteiger charge is 2.05. The summed E-state index contributed by atoms with van der Waals surface area (Å²) in [4.78, 5) is 0. The fraction of sp³-hybridized carbons (Fsp3) is 0.308. The predicted molar refractivity (Wildman–Crippen MR) is 72.8 cm³/mol. The van der Waals surface area contributed by atoms with Crippen molar-refractivity contribution in [1.29, 1.82) is 0 Å². The van der Waals surface area contributed by atoms with Crippen molar-refractivity contribution < 1.29 is 14.6 Å². The van der Waals surface area contributed by atoms with Gasteiger partial charge < -0.3 is 10.2 Å². The fourth-order valence-electron chi connectivity index (χ4n) is 1.53. The van der Waals surface area contributed by atoms with Gasteiger partial charge in [-0.25, -0.2) is 9.07 Å². The van der Waals surface area contributed by atoms with Gasteiger partial charge in [-0.2, -0.15) is 16.9 Å². The molecule has 1 aromatic heterocycles. The standard InChI is InChI=1S/C13H15FN2O2S/c14-10-1-3-12(4-2-10)16-6-5-11(15-16)8-19-9-13(18)7-17/h1-6,13,17-18H,7-9H2/t13-/m1/s1. The molecule has 1 aromatic carbocycles. The Balaban J connectivity index is 1.93. The highest BCUT2D eigenvalue weighted by atomic mass is 32.2. The van der Waals surface area contributed by atoms with Crippen molar-refractivity contribution in [3.63, 3.8) is 0 Å². The van der Waals surface area contributed by atoms with Gasteiger partial charge in [-0.05, 0) is 30.3 Å². The first kappa shape index (κ1) is 14.0. The normalized spacial score (nSPS) is 12.6. The Morgan fingerprint density at radius 2 is 2.00 bits per heavy atom. The van der Waals surface area contributed by atoms with E-state index >= 15 is 0 Å². The van der Waals surface area contributed by atoms with Gasteiger partial charge in [0.25, 0.3) is 0 Å². The van der Waals surface area contributed by atoms with E-state index in [4.69, 9.17) is 5.11 Å². The maximum absolute atomic E-state index is 12.8. The Bertz CT molecular complexity index is 516. The van der Waals surface area contributed by atoms with Gasteiger partial charge >= 0.3 is 0 Å². The van der Waals surface area contributed by atoms with Crippen LogP contribution >= 0.6 is 11.8 Å². The van der Waals surface area contributed by atoms with Gasteiger partial charge in [0.05, 0.1) is 24.1 Å². The zero-order valence-electron chi connectivity index (χ0n) is 10.2. The van der Waals surface area contributed by atoms with Crippen LogP contribution in [-0.2, 0) is 5.75 Å². The zero-order valence-corrected chi connectivity index (χ0v) is 11.1. The lowest BCUT2D eigenvalue weighted by atomic mass is 10.3. The monoisotopic (exact) mass is 282 g/mol. The number of aliphatic hydroxyl groups is 2. The molecule has 2 rings (SSSR count). The summed E-state index contributed by atoms with van der Waals surface area (Å²) in [6, 6.07) is 7.98. The van der Waals surface area contributed by atoms with Gasteiger partial charge in [0.1, 0.15) is 5.82 Å². The number of aliphatic hydroxyl groups excluding tert-OH is 2. The largest absolute Gasteiger partial charge is 0.394 e. The van der Waals surface area contributed by atoms with E-state index in [1.807, 2.05) is 12.3 Å². The summed E-state index contributed by atoms with van der Waals surface area (Å²) in [6.45, 7) is -0.225. The van der Waals surface area contributed by atoms with Gasteiger partial charge in [-0.15, -0.1) is 0 Å². The topological polar surface area (TPSA) is 58.3 Å². The van der Waals surface area contributed by atoms with Crippen LogP contribution in [0.2, 0.25) is 0 Å². The minimum atomic E-state index is -0.691. The summed E-state index contributed by atoms with van der Waals surface area (Å²) in [5.74, 6) is 0.857. The second-order valence-electron chi connectivity index (χ2n) is 4.08. The van der Waals surface area contributed by atoms with Gasteiger partial charge in [0.15, 0.2) is 0 Å². The molecule has 0 unspecified atom stereocenters. The molecule has 0 aliphatic carbocycles. The minimum absolute atomic E-state index is 0.225. The number of nitrogens with zero attached hydrogens (tertiary/aromatic N) is 2. The molecule has 0 amide bonds. The van der Waals surface area contributed by atoms with Crippen LogP contribution in [0.3, 0.4) is 0 Å². The second kappa shape index (κ2) is 6.70. The molecule has 0 bridgehead atoms. The van der Waals surface area contributed by atoms with E-state index < -0.39 is 6.10 Å². The lowest BCUT2D eigenvalue weighted by Crippen LogP contribution is -2.14. The molecule has 19 heavy (non-hydrogen) atoms. The van der Waals surface area contributed by atoms with Crippen LogP contribution in [0.15, 0.2) is 36.5 Å². The van der Waals surface area contributed by atoms with Gasteiger partial charge in [0, 0.05) is 17.7 Å². The first-order valence-corrected chi connectivity index (χ1v) is 7.01. The Morgan fingerprint density at radius 1 is 1.26 bits per heavy atom. The molecule has 2 N–H and O–H groups in total. The maximum Gasteiger partial charge on any atom is 0.123 e. The highest BCUT2D eigenvalue weighted by molar-refractivity contribution is 7.98. The molecule has 0 spiro atoms. The molecule has 0 aliphatic rings. The van der Waals surface area contributed by atoms with Gasteiger partial charge in [0.2, 0.25) is 0 Å². The molecule has 0 fully saturated rings. The average Bonchev–Trinajstić information content (AvgIpc) is 2.88. The molecule has 0 aliphatic heterocycles. The molecular weight excluding hydrogens is 267 g/mol. The molecule has 4 nitrogen and oxygen atoms in total. The molecule has 102 valence electrons. The van der Waals surface area contributed by atoms with Crippen molar-refractivity contribution in [3.05, 3.63) is 48.0 Å². The SMILES string of the molecule is OC[C@@H](O)CSCc1ccn(-c2ccc(F)cc2)n1. The summed E-state index contributed by atoms with van der Waals surface area (Å²) in [7, 11) is 0. The summed E-state index contributed by atoms with van der Waals surface area (Å²) in [6.07, 6.45) is 1.12. The molecule has 0 saturated carbocycles. The molecule has 2 aromatic rings. The zero-order chi connectivity index (χ0) is 13.7. The van der Waals surface area contributed by atoms with Crippen LogP contribution < -0.4 is 0 Å². The van der Waals surface area contributed by atoms with Gasteiger partial charge in [-0.3, -0.25) is 0 Å². The molecule has 1 atom stereocenters. The second-order valence-corrected chi connectivity index (χ2v) is 5.11. The number of halogens is 1. The van der Waals surface area contributed by atoms with E-state index in [-0.39, 0.29) is 12.4 Å². The van der Waals surface area contributed by atoms with Crippen molar-refractivity contribution in [2.75, 3.05) is 12.4 Å². The fourth-order valence-corrected chi connectivity index (χ4v) is 2.39. The van der Waals surface area contributed by atoms with Crippen LogP contribution in [0.1, 0.15) is 5.69 Å². The maximum atomic E-state index is 12.8. The predicted octanol–water partition coefficient (Wildman–Crippen LogP) is 1.60. The molecule has 0 saturated heterocycles. The third-order valence-electron chi connectivity index (χ3n) is 2.51. The summed E-state index contributed by atoms with van der Waals surface area (Å²) < 4.78 is 14.5. The van der Waals surface area contributed by atoms with Crippen LogP contribution in [0.5, 0.6) is 0 Å². The number of thioether (sulfide) groups is 1. The van der Waals surface area contributed by atoms with Crippen molar-refractivity contribution >= 4 is 11.8 Å². The van der Waals surface area contributed by atoms with Crippen molar-refractivity contribution in [3.8, 4) is 5.69 Å². The van der Waals surface area contributed by atoms with E-state index in [1.165, 1.54) is 23.9 Å². The molecule has 1 heterocycles. The highest BCUT2D eigenvalue weighted by Crippen LogP contribution is 2.14. The Hall–Kier alpha value is -1.37. The van der Waals surface area contributed by atoms with E-state index in [0.717, 1.165) is 11.4 Å². The first-order chi connectivity index (χ1) is 9.19. The lowest BCUT2D eigenvalue weighted by molar-refractivity contribution is 0.113. The molecule has 0 radical (unpaired) electrons. The summed E-state index contributed by atoms with van der Waals surface area (Å²) in [5.41, 5.74) is 1.67. The van der Waals surface area contributed by atoms with E-state index in [1.54, 1.807) is 16.8 Å². The Labute approximate surface area is 114 Å². The van der Waals surface area contributed by atoms with Crippen LogP contribution in [-0.4, -0.2) is 38.5 Å². The van der Waals surface area contributed by atoms with Crippen LogP contribution in [0.4, 0.5) is 4.39 Å². The number of benzene rings is 1. The Kier molecular flexibility index (Phi) is 4.95. The van der Waals surface area contributed by atoms with Gasteiger partial charge in [-0.1, -0.05) is 0 Å². The van der Waals surface area contributed by atoms with Crippen LogP contribution in [0, 0.1) is 5.82 Å². The first-order valence-electron chi connectivity index (χ1n) is 5.86. The Morgan fingerprint density at radius 3 is 2.68 bits per heavy atom. The van der Waals surface area contributed by atoms with Crippen molar-refractivity contribution in [2.24, 2.45) is 0 Å². The smallest absolute Gasteiger partial charge is 0.123 e. The third kappa shape index (κ3) is 4.05. The van der Waals surface area contributed by atoms with Crippen molar-refractivity contribution in [2.45, 2.75) is 11.9 Å². The molecule has 6 heteroatoms. The van der Waals surface area contributed by atoms with E-state index in [0.29, 0.717) is 11.5 Å². The summed E-state index contributed by atoms with van der Waals surface area (Å²) in [5, 5.41) is 22.3. The minimum Gasteiger partial charge on any atom is -0.394 e. The van der Waals surface area contributed by atoms with Crippen molar-refractivity contribution in [1.82, 2.24) is 9.78 Å². The number of hydrogen-bond acceptors (Lipinski definition) is 4. The average molecular weight is 282 g/mol. The lowest BCUT2D eigenvalue weighted by Gasteiger charge is -2.05. The summed E-state index contributed by atoms with van der Waals surface area (Å²) >= 11 is 1.50. The number of hydrogen-bond donors (Lipinski definition) is 2. The quantitative estimate of drug-likeness (QED) is 0.845. The van der Waals surface area contributed by atoms with E-state index in [2.05, 4.69) is 5.10 Å². The number of rotatable bonds is 6. The molecular formula is C13H15FN2O2S. The number of aromatic nitrogens is 2. The van der Waals surface area contributed by atoms with E-state index in [9.17, 15) is 9.50 Å². The third-order valence-corrected chi connectivity index (χ3v) is 3.63. The van der Waals surface area contributed by atoms with Crippen LogP contribution in [0.25, 0.3) is 5.69 Å².